The molecule has 0 aliphatic heterocycles. The summed E-state index contributed by atoms with van der Waals surface area (Å²) in [5.74, 6) is -0.416. The predicted molar refractivity (Wildman–Crippen MR) is 71.3 cm³/mol. The summed E-state index contributed by atoms with van der Waals surface area (Å²) in [4.78, 5) is 15.8. The van der Waals surface area contributed by atoms with Crippen molar-refractivity contribution in [3.63, 3.8) is 0 Å². The highest BCUT2D eigenvalue weighted by Gasteiger charge is 2.11. The van der Waals surface area contributed by atoms with Crippen molar-refractivity contribution in [3.05, 3.63) is 57.4 Å². The number of nitrogens with zero attached hydrogens (tertiary/aromatic N) is 1. The Kier molecular flexibility index (Phi) is 3.93. The highest BCUT2D eigenvalue weighted by molar-refractivity contribution is 9.10. The zero-order valence-electron chi connectivity index (χ0n) is 8.95. The highest BCUT2D eigenvalue weighted by Crippen LogP contribution is 2.19. The van der Waals surface area contributed by atoms with Gasteiger partial charge in [0.1, 0.15) is 11.6 Å². The Balaban J connectivity index is 2.19. The Hall–Kier alpha value is -1.46. The first-order valence-electron chi connectivity index (χ1n) is 4.94. The van der Waals surface area contributed by atoms with E-state index in [1.54, 1.807) is 12.1 Å². The number of halogens is 3. The van der Waals surface area contributed by atoms with Crippen molar-refractivity contribution in [2.75, 3.05) is 5.32 Å². The maximum Gasteiger partial charge on any atom is 0.257 e. The van der Waals surface area contributed by atoms with Crippen LogP contribution in [-0.2, 0) is 0 Å². The molecule has 0 radical (unpaired) electrons. The first kappa shape index (κ1) is 13.0. The molecule has 1 heterocycles. The van der Waals surface area contributed by atoms with Crippen LogP contribution in [0.25, 0.3) is 0 Å². The number of hydrogen-bond acceptors (Lipinski definition) is 2. The number of benzene rings is 1. The zero-order chi connectivity index (χ0) is 13.1. The number of amides is 1. The minimum absolute atomic E-state index is 0.327. The van der Waals surface area contributed by atoms with Crippen LogP contribution in [0.15, 0.2) is 41.0 Å². The van der Waals surface area contributed by atoms with Crippen molar-refractivity contribution in [1.82, 2.24) is 4.98 Å². The van der Waals surface area contributed by atoms with E-state index in [-0.39, 0.29) is 5.91 Å². The summed E-state index contributed by atoms with van der Waals surface area (Å²) in [6.07, 6.45) is 1.43. The van der Waals surface area contributed by atoms with Gasteiger partial charge >= 0.3 is 0 Å². The molecule has 0 saturated carbocycles. The summed E-state index contributed by atoms with van der Waals surface area (Å²) in [7, 11) is 0. The van der Waals surface area contributed by atoms with E-state index in [1.807, 2.05) is 0 Å². The van der Waals surface area contributed by atoms with Crippen LogP contribution in [0.3, 0.4) is 0 Å². The third kappa shape index (κ3) is 3.05. The van der Waals surface area contributed by atoms with Crippen LogP contribution in [-0.4, -0.2) is 10.9 Å². The van der Waals surface area contributed by atoms with Crippen LogP contribution in [0.5, 0.6) is 0 Å². The first-order valence-corrected chi connectivity index (χ1v) is 6.11. The van der Waals surface area contributed by atoms with Crippen molar-refractivity contribution in [3.8, 4) is 0 Å². The minimum Gasteiger partial charge on any atom is -0.307 e. The standard InChI is InChI=1S/C12H7BrClFN2O/c13-10-5-8(15)2-3-9(10)12(18)17-11-4-1-7(14)6-16-11/h1-6H,(H,16,17,18). The van der Waals surface area contributed by atoms with Crippen molar-refractivity contribution in [2.45, 2.75) is 0 Å². The second-order valence-electron chi connectivity index (χ2n) is 3.44. The molecular formula is C12H7BrClFN2O. The molecule has 18 heavy (non-hydrogen) atoms. The van der Waals surface area contributed by atoms with Gasteiger partial charge in [-0.3, -0.25) is 4.79 Å². The van der Waals surface area contributed by atoms with E-state index in [0.717, 1.165) is 0 Å². The number of anilines is 1. The van der Waals surface area contributed by atoms with E-state index in [1.165, 1.54) is 24.4 Å². The average Bonchev–Trinajstić information content (AvgIpc) is 2.32. The van der Waals surface area contributed by atoms with Gasteiger partial charge in [-0.05, 0) is 46.3 Å². The van der Waals surface area contributed by atoms with Crippen LogP contribution in [0.4, 0.5) is 10.2 Å². The first-order chi connectivity index (χ1) is 8.56. The highest BCUT2D eigenvalue weighted by atomic mass is 79.9. The van der Waals surface area contributed by atoms with Crippen LogP contribution in [0.1, 0.15) is 10.4 Å². The summed E-state index contributed by atoms with van der Waals surface area (Å²) in [5.41, 5.74) is 0.327. The average molecular weight is 330 g/mol. The number of aromatic nitrogens is 1. The van der Waals surface area contributed by atoms with Crippen molar-refractivity contribution in [2.24, 2.45) is 0 Å². The molecule has 6 heteroatoms. The molecule has 0 aliphatic carbocycles. The van der Waals surface area contributed by atoms with E-state index >= 15 is 0 Å². The quantitative estimate of drug-likeness (QED) is 0.908. The molecule has 0 saturated heterocycles. The summed E-state index contributed by atoms with van der Waals surface area (Å²) in [6.45, 7) is 0. The molecule has 0 aliphatic rings. The fourth-order valence-corrected chi connectivity index (χ4v) is 1.95. The second-order valence-corrected chi connectivity index (χ2v) is 4.73. The Morgan fingerprint density at radius 1 is 1.33 bits per heavy atom. The van der Waals surface area contributed by atoms with Gasteiger partial charge in [-0.2, -0.15) is 0 Å². The number of carbonyl (C=O) groups is 1. The monoisotopic (exact) mass is 328 g/mol. The summed E-state index contributed by atoms with van der Waals surface area (Å²) in [6, 6.07) is 7.03. The van der Waals surface area contributed by atoms with Gasteiger partial charge in [0, 0.05) is 10.7 Å². The second kappa shape index (κ2) is 5.46. The van der Waals surface area contributed by atoms with Gasteiger partial charge in [-0.25, -0.2) is 9.37 Å². The van der Waals surface area contributed by atoms with E-state index in [0.29, 0.717) is 20.9 Å². The van der Waals surface area contributed by atoms with E-state index in [2.05, 4.69) is 26.2 Å². The third-order valence-corrected chi connectivity index (χ3v) is 3.02. The van der Waals surface area contributed by atoms with Gasteiger partial charge < -0.3 is 5.32 Å². The predicted octanol–water partition coefficient (Wildman–Crippen LogP) is 3.89. The van der Waals surface area contributed by atoms with E-state index in [9.17, 15) is 9.18 Å². The summed E-state index contributed by atoms with van der Waals surface area (Å²) < 4.78 is 13.3. The number of pyridine rings is 1. The molecule has 0 bridgehead atoms. The van der Waals surface area contributed by atoms with E-state index in [4.69, 9.17) is 11.6 Å². The molecule has 1 amide bonds. The van der Waals surface area contributed by atoms with Crippen molar-refractivity contribution >= 4 is 39.3 Å². The van der Waals surface area contributed by atoms with Gasteiger partial charge in [0.15, 0.2) is 0 Å². The van der Waals surface area contributed by atoms with Crippen LogP contribution in [0, 0.1) is 5.82 Å². The molecule has 3 nitrogen and oxygen atoms in total. The van der Waals surface area contributed by atoms with Gasteiger partial charge in [0.05, 0.1) is 10.6 Å². The Morgan fingerprint density at radius 3 is 2.72 bits per heavy atom. The molecule has 1 aromatic carbocycles. The largest absolute Gasteiger partial charge is 0.307 e. The maximum absolute atomic E-state index is 12.9. The topological polar surface area (TPSA) is 42.0 Å². The minimum atomic E-state index is -0.414. The molecule has 0 fully saturated rings. The number of carbonyl (C=O) groups excluding carboxylic acids is 1. The van der Waals surface area contributed by atoms with Gasteiger partial charge in [0.25, 0.3) is 5.91 Å². The smallest absolute Gasteiger partial charge is 0.257 e. The van der Waals surface area contributed by atoms with Gasteiger partial charge in [-0.15, -0.1) is 0 Å². The van der Waals surface area contributed by atoms with Crippen LogP contribution >= 0.6 is 27.5 Å². The molecule has 1 aromatic heterocycles. The zero-order valence-corrected chi connectivity index (χ0v) is 11.3. The normalized spacial score (nSPS) is 10.2. The third-order valence-electron chi connectivity index (χ3n) is 2.14. The molecular weight excluding hydrogens is 322 g/mol. The van der Waals surface area contributed by atoms with Crippen molar-refractivity contribution < 1.29 is 9.18 Å². The Labute approximate surface area is 116 Å². The molecule has 92 valence electrons. The van der Waals surface area contributed by atoms with Gasteiger partial charge in [-0.1, -0.05) is 11.6 Å². The number of hydrogen-bond donors (Lipinski definition) is 1. The Morgan fingerprint density at radius 2 is 2.11 bits per heavy atom. The lowest BCUT2D eigenvalue weighted by atomic mass is 10.2. The maximum atomic E-state index is 12.9. The number of rotatable bonds is 2. The lowest BCUT2D eigenvalue weighted by Crippen LogP contribution is -2.13. The number of nitrogens with one attached hydrogen (secondary N) is 1. The molecule has 1 N–H and O–H groups in total. The van der Waals surface area contributed by atoms with E-state index < -0.39 is 5.82 Å². The summed E-state index contributed by atoms with van der Waals surface area (Å²) >= 11 is 8.81. The fourth-order valence-electron chi connectivity index (χ4n) is 1.31. The van der Waals surface area contributed by atoms with Crippen LogP contribution < -0.4 is 5.32 Å². The summed E-state index contributed by atoms with van der Waals surface area (Å²) in [5, 5.41) is 3.07. The lowest BCUT2D eigenvalue weighted by Gasteiger charge is -2.06. The van der Waals surface area contributed by atoms with Gasteiger partial charge in [0.2, 0.25) is 0 Å². The molecule has 2 rings (SSSR count). The molecule has 0 atom stereocenters. The molecule has 2 aromatic rings. The fraction of sp³-hybridized carbons (Fsp3) is 0. The van der Waals surface area contributed by atoms with Crippen LogP contribution in [0.2, 0.25) is 5.02 Å². The molecule has 0 unspecified atom stereocenters. The lowest BCUT2D eigenvalue weighted by molar-refractivity contribution is 0.102. The molecule has 0 spiro atoms. The Bertz CT molecular complexity index is 589. The van der Waals surface area contributed by atoms with Crippen molar-refractivity contribution in [1.29, 1.82) is 0 Å². The SMILES string of the molecule is O=C(Nc1ccc(Cl)cn1)c1ccc(F)cc1Br.